The Labute approximate surface area is 75.8 Å². The van der Waals surface area contributed by atoms with Crippen LogP contribution in [0, 0.1) is 0 Å². The Balaban J connectivity index is 3.40. The molecule has 0 spiro atoms. The van der Waals surface area contributed by atoms with E-state index >= 15 is 0 Å². The SMILES string of the molecule is CCCCN(CCO)CCNC. The highest BCUT2D eigenvalue weighted by molar-refractivity contribution is 4.57. The topological polar surface area (TPSA) is 35.5 Å². The highest BCUT2D eigenvalue weighted by Gasteiger charge is 2.01. The molecule has 0 aromatic heterocycles. The molecular formula is C9H22N2O. The van der Waals surface area contributed by atoms with Crippen LogP contribution in [0.25, 0.3) is 0 Å². The van der Waals surface area contributed by atoms with Crippen molar-refractivity contribution in [2.24, 2.45) is 0 Å². The fraction of sp³-hybridized carbons (Fsp3) is 1.00. The van der Waals surface area contributed by atoms with E-state index in [-0.39, 0.29) is 6.61 Å². The van der Waals surface area contributed by atoms with Crippen molar-refractivity contribution >= 4 is 0 Å². The molecule has 0 aliphatic heterocycles. The maximum Gasteiger partial charge on any atom is 0.0558 e. The fourth-order valence-electron chi connectivity index (χ4n) is 1.13. The van der Waals surface area contributed by atoms with E-state index in [1.165, 1.54) is 12.8 Å². The molecular weight excluding hydrogens is 152 g/mol. The van der Waals surface area contributed by atoms with Crippen LogP contribution in [0.5, 0.6) is 0 Å². The van der Waals surface area contributed by atoms with Gasteiger partial charge in [0.25, 0.3) is 0 Å². The molecule has 3 nitrogen and oxygen atoms in total. The van der Waals surface area contributed by atoms with Crippen molar-refractivity contribution in [1.82, 2.24) is 10.2 Å². The standard InChI is InChI=1S/C9H22N2O/c1-3-4-6-11(8-9-12)7-5-10-2/h10,12H,3-9H2,1-2H3. The van der Waals surface area contributed by atoms with Gasteiger partial charge in [-0.25, -0.2) is 0 Å². The molecule has 0 heterocycles. The second kappa shape index (κ2) is 8.97. The number of unbranched alkanes of at least 4 members (excludes halogenated alkanes) is 1. The van der Waals surface area contributed by atoms with Crippen molar-refractivity contribution in [3.8, 4) is 0 Å². The molecule has 0 amide bonds. The Morgan fingerprint density at radius 3 is 2.50 bits per heavy atom. The van der Waals surface area contributed by atoms with Gasteiger partial charge in [-0.2, -0.15) is 0 Å². The summed E-state index contributed by atoms with van der Waals surface area (Å²) in [6.07, 6.45) is 2.45. The third-order valence-corrected chi connectivity index (χ3v) is 1.92. The third kappa shape index (κ3) is 6.58. The van der Waals surface area contributed by atoms with Gasteiger partial charge in [-0.3, -0.25) is 4.90 Å². The molecule has 0 unspecified atom stereocenters. The number of likely N-dealkylation sites (N-methyl/N-ethyl adjacent to an activating group) is 1. The van der Waals surface area contributed by atoms with Crippen LogP contribution in [0.3, 0.4) is 0 Å². The minimum Gasteiger partial charge on any atom is -0.395 e. The van der Waals surface area contributed by atoms with Crippen molar-refractivity contribution in [1.29, 1.82) is 0 Å². The van der Waals surface area contributed by atoms with Gasteiger partial charge < -0.3 is 10.4 Å². The Morgan fingerprint density at radius 1 is 1.25 bits per heavy atom. The van der Waals surface area contributed by atoms with Crippen molar-refractivity contribution in [3.63, 3.8) is 0 Å². The first-order chi connectivity index (χ1) is 5.85. The van der Waals surface area contributed by atoms with Gasteiger partial charge in [-0.1, -0.05) is 13.3 Å². The quantitative estimate of drug-likeness (QED) is 0.555. The lowest BCUT2D eigenvalue weighted by Gasteiger charge is -2.20. The smallest absolute Gasteiger partial charge is 0.0558 e. The highest BCUT2D eigenvalue weighted by Crippen LogP contribution is 1.93. The lowest BCUT2D eigenvalue weighted by molar-refractivity contribution is 0.195. The molecule has 2 N–H and O–H groups in total. The normalized spacial score (nSPS) is 11.0. The van der Waals surface area contributed by atoms with Crippen molar-refractivity contribution in [2.45, 2.75) is 19.8 Å². The van der Waals surface area contributed by atoms with Gasteiger partial charge in [0.05, 0.1) is 6.61 Å². The zero-order chi connectivity index (χ0) is 9.23. The Bertz CT molecular complexity index is 80.6. The molecule has 0 saturated carbocycles. The summed E-state index contributed by atoms with van der Waals surface area (Å²) in [7, 11) is 1.96. The minimum atomic E-state index is 0.271. The zero-order valence-electron chi connectivity index (χ0n) is 8.34. The Kier molecular flexibility index (Phi) is 8.88. The summed E-state index contributed by atoms with van der Waals surface area (Å²) in [4.78, 5) is 2.29. The number of nitrogens with zero attached hydrogens (tertiary/aromatic N) is 1. The summed E-state index contributed by atoms with van der Waals surface area (Å²) in [5.74, 6) is 0. The number of aliphatic hydroxyl groups excluding tert-OH is 1. The van der Waals surface area contributed by atoms with Gasteiger partial charge in [0.2, 0.25) is 0 Å². The van der Waals surface area contributed by atoms with E-state index in [0.29, 0.717) is 0 Å². The second-order valence-corrected chi connectivity index (χ2v) is 3.02. The average molecular weight is 174 g/mol. The van der Waals surface area contributed by atoms with Gasteiger partial charge in [0.15, 0.2) is 0 Å². The van der Waals surface area contributed by atoms with Crippen LogP contribution in [0.4, 0.5) is 0 Å². The number of rotatable bonds is 8. The van der Waals surface area contributed by atoms with Gasteiger partial charge in [-0.15, -0.1) is 0 Å². The van der Waals surface area contributed by atoms with E-state index in [1.807, 2.05) is 7.05 Å². The monoisotopic (exact) mass is 174 g/mol. The maximum atomic E-state index is 8.77. The number of hydrogen-bond donors (Lipinski definition) is 2. The third-order valence-electron chi connectivity index (χ3n) is 1.92. The number of nitrogens with one attached hydrogen (secondary N) is 1. The van der Waals surface area contributed by atoms with Gasteiger partial charge in [0, 0.05) is 19.6 Å². The van der Waals surface area contributed by atoms with E-state index in [0.717, 1.165) is 26.2 Å². The molecule has 0 fully saturated rings. The van der Waals surface area contributed by atoms with Crippen LogP contribution in [0.2, 0.25) is 0 Å². The molecule has 0 atom stereocenters. The van der Waals surface area contributed by atoms with Crippen LogP contribution >= 0.6 is 0 Å². The lowest BCUT2D eigenvalue weighted by Crippen LogP contribution is -2.33. The Hall–Kier alpha value is -0.120. The van der Waals surface area contributed by atoms with Crippen LogP contribution in [0.1, 0.15) is 19.8 Å². The highest BCUT2D eigenvalue weighted by atomic mass is 16.3. The molecule has 0 aromatic rings. The van der Waals surface area contributed by atoms with Gasteiger partial charge >= 0.3 is 0 Å². The number of aliphatic hydroxyl groups is 1. The molecule has 0 saturated heterocycles. The van der Waals surface area contributed by atoms with Crippen LogP contribution in [-0.4, -0.2) is 49.8 Å². The van der Waals surface area contributed by atoms with Crippen LogP contribution in [0.15, 0.2) is 0 Å². The minimum absolute atomic E-state index is 0.271. The molecule has 3 heteroatoms. The van der Waals surface area contributed by atoms with E-state index in [9.17, 15) is 0 Å². The van der Waals surface area contributed by atoms with E-state index in [2.05, 4.69) is 17.1 Å². The molecule has 0 rings (SSSR count). The molecule has 0 aliphatic rings. The first-order valence-electron chi connectivity index (χ1n) is 4.83. The van der Waals surface area contributed by atoms with E-state index < -0.39 is 0 Å². The number of hydrogen-bond acceptors (Lipinski definition) is 3. The summed E-state index contributed by atoms with van der Waals surface area (Å²) in [5.41, 5.74) is 0. The molecule has 0 radical (unpaired) electrons. The largest absolute Gasteiger partial charge is 0.395 e. The summed E-state index contributed by atoms with van der Waals surface area (Å²) < 4.78 is 0. The van der Waals surface area contributed by atoms with Gasteiger partial charge in [0.1, 0.15) is 0 Å². The average Bonchev–Trinajstić information content (AvgIpc) is 2.10. The summed E-state index contributed by atoms with van der Waals surface area (Å²) in [6, 6.07) is 0. The Morgan fingerprint density at radius 2 is 2.00 bits per heavy atom. The summed E-state index contributed by atoms with van der Waals surface area (Å²) >= 11 is 0. The van der Waals surface area contributed by atoms with E-state index in [1.54, 1.807) is 0 Å². The van der Waals surface area contributed by atoms with Gasteiger partial charge in [-0.05, 0) is 20.0 Å². The molecule has 12 heavy (non-hydrogen) atoms. The van der Waals surface area contributed by atoms with Crippen LogP contribution in [-0.2, 0) is 0 Å². The lowest BCUT2D eigenvalue weighted by atomic mass is 10.3. The summed E-state index contributed by atoms with van der Waals surface area (Å²) in [6.45, 7) is 6.42. The van der Waals surface area contributed by atoms with E-state index in [4.69, 9.17) is 5.11 Å². The van der Waals surface area contributed by atoms with Crippen LogP contribution < -0.4 is 5.32 Å². The first-order valence-corrected chi connectivity index (χ1v) is 4.83. The molecule has 74 valence electrons. The van der Waals surface area contributed by atoms with Crippen molar-refractivity contribution in [2.75, 3.05) is 39.8 Å². The fourth-order valence-corrected chi connectivity index (χ4v) is 1.13. The second-order valence-electron chi connectivity index (χ2n) is 3.02. The predicted molar refractivity (Wildman–Crippen MR) is 52.4 cm³/mol. The molecule has 0 aromatic carbocycles. The predicted octanol–water partition coefficient (Wildman–Crippen LogP) is 0.300. The molecule has 0 aliphatic carbocycles. The molecule has 0 bridgehead atoms. The zero-order valence-corrected chi connectivity index (χ0v) is 8.34. The first kappa shape index (κ1) is 11.9. The summed E-state index contributed by atoms with van der Waals surface area (Å²) in [5, 5.41) is 11.9. The van der Waals surface area contributed by atoms with Crippen molar-refractivity contribution < 1.29 is 5.11 Å². The maximum absolute atomic E-state index is 8.77. The van der Waals surface area contributed by atoms with Crippen molar-refractivity contribution in [3.05, 3.63) is 0 Å².